The van der Waals surface area contributed by atoms with Gasteiger partial charge in [-0.25, -0.2) is 8.42 Å². The summed E-state index contributed by atoms with van der Waals surface area (Å²) in [4.78, 5) is 14.3. The zero-order valence-corrected chi connectivity index (χ0v) is 18.0. The summed E-state index contributed by atoms with van der Waals surface area (Å²) in [5.74, 6) is 1.25. The van der Waals surface area contributed by atoms with Crippen LogP contribution in [0.4, 0.5) is 0 Å². The number of hydrogen-bond acceptors (Lipinski definition) is 3. The maximum absolute atomic E-state index is 12.8. The van der Waals surface area contributed by atoms with Crippen LogP contribution in [0.5, 0.6) is 0 Å². The van der Waals surface area contributed by atoms with Crippen molar-refractivity contribution >= 4 is 15.9 Å². The van der Waals surface area contributed by atoms with E-state index in [-0.39, 0.29) is 18.0 Å². The molecular weight excluding hydrogens is 374 g/mol. The summed E-state index contributed by atoms with van der Waals surface area (Å²) in [6.07, 6.45) is 3.47. The lowest BCUT2D eigenvalue weighted by Gasteiger charge is -2.37. The van der Waals surface area contributed by atoms with Gasteiger partial charge in [0.1, 0.15) is 0 Å². The minimum atomic E-state index is -3.45. The average molecular weight is 409 g/mol. The first kappa shape index (κ1) is 21.3. The van der Waals surface area contributed by atoms with Crippen molar-refractivity contribution in [2.24, 2.45) is 11.8 Å². The molecule has 1 aromatic rings. The molecule has 0 unspecified atom stereocenters. The van der Waals surface area contributed by atoms with E-state index in [1.54, 1.807) is 28.6 Å². The summed E-state index contributed by atoms with van der Waals surface area (Å²) in [6, 6.07) is 8.68. The van der Waals surface area contributed by atoms with E-state index in [1.165, 1.54) is 12.8 Å². The Balaban J connectivity index is 1.55. The third kappa shape index (κ3) is 4.58. The Morgan fingerprint density at radius 2 is 1.79 bits per heavy atom. The molecule has 156 valence electrons. The van der Waals surface area contributed by atoms with Crippen molar-refractivity contribution in [3.05, 3.63) is 30.3 Å². The molecule has 28 heavy (non-hydrogen) atoms. The molecule has 2 aliphatic rings. The van der Waals surface area contributed by atoms with Crippen molar-refractivity contribution in [2.45, 2.75) is 57.0 Å². The predicted octanol–water partition coefficient (Wildman–Crippen LogP) is 0.905. The Hall–Kier alpha value is -1.44. The number of piperazine rings is 1. The van der Waals surface area contributed by atoms with Gasteiger partial charge >= 0.3 is 0 Å². The molecule has 3 rings (SSSR count). The number of carbonyl (C=O) groups excluding carboxylic acids is 1. The van der Waals surface area contributed by atoms with Crippen molar-refractivity contribution in [3.63, 3.8) is 0 Å². The molecule has 0 aromatic heterocycles. The summed E-state index contributed by atoms with van der Waals surface area (Å²) in [5.41, 5.74) is 0. The third-order valence-electron chi connectivity index (χ3n) is 6.79. The molecular formula is C21H34N3O3S+. The highest BCUT2D eigenvalue weighted by atomic mass is 32.2. The second-order valence-corrected chi connectivity index (χ2v) is 10.4. The van der Waals surface area contributed by atoms with Gasteiger partial charge in [-0.2, -0.15) is 4.31 Å². The van der Waals surface area contributed by atoms with Crippen LogP contribution in [0.3, 0.4) is 0 Å². The van der Waals surface area contributed by atoms with Gasteiger partial charge < -0.3 is 10.2 Å². The van der Waals surface area contributed by atoms with Gasteiger partial charge in [0.15, 0.2) is 6.04 Å². The van der Waals surface area contributed by atoms with E-state index in [2.05, 4.69) is 19.2 Å². The minimum Gasteiger partial charge on any atom is -0.348 e. The van der Waals surface area contributed by atoms with Gasteiger partial charge in [-0.1, -0.05) is 44.9 Å². The monoisotopic (exact) mass is 408 g/mol. The summed E-state index contributed by atoms with van der Waals surface area (Å²) in [5, 5.41) is 3.27. The van der Waals surface area contributed by atoms with E-state index in [4.69, 9.17) is 0 Å². The highest BCUT2D eigenvalue weighted by Gasteiger charge is 2.36. The SMILES string of the molecule is C[C@H]1[C@@H](NC(=O)[C@@H](C)[NH+]2CCN(S(=O)(=O)c3ccccc3)CC2)CCC[C@@H]1C. The van der Waals surface area contributed by atoms with Crippen LogP contribution in [0, 0.1) is 11.8 Å². The van der Waals surface area contributed by atoms with Crippen LogP contribution in [0.1, 0.15) is 40.0 Å². The number of nitrogens with zero attached hydrogens (tertiary/aromatic N) is 1. The first-order valence-corrected chi connectivity index (χ1v) is 11.9. The summed E-state index contributed by atoms with van der Waals surface area (Å²) < 4.78 is 27.1. The maximum Gasteiger partial charge on any atom is 0.278 e. The van der Waals surface area contributed by atoms with Crippen LogP contribution in [0.25, 0.3) is 0 Å². The number of amides is 1. The molecule has 1 aromatic carbocycles. The van der Waals surface area contributed by atoms with Gasteiger partial charge in [-0.15, -0.1) is 0 Å². The molecule has 1 amide bonds. The highest BCUT2D eigenvalue weighted by Crippen LogP contribution is 2.29. The molecule has 0 bridgehead atoms. The second kappa shape index (κ2) is 8.93. The molecule has 0 radical (unpaired) electrons. The molecule has 1 aliphatic carbocycles. The molecule has 2 fully saturated rings. The number of hydrogen-bond donors (Lipinski definition) is 2. The first-order chi connectivity index (χ1) is 13.3. The lowest BCUT2D eigenvalue weighted by molar-refractivity contribution is -0.917. The fourth-order valence-electron chi connectivity index (χ4n) is 4.47. The standard InChI is InChI=1S/C21H33N3O3S/c1-16-8-7-11-20(17(16)2)22-21(25)18(3)23-12-14-24(15-13-23)28(26,27)19-9-5-4-6-10-19/h4-6,9-10,16-18,20H,7-8,11-15H2,1-3H3,(H,22,25)/p+1/t16-,17+,18+,20-/m0/s1. The largest absolute Gasteiger partial charge is 0.348 e. The fraction of sp³-hybridized carbons (Fsp3) is 0.667. The zero-order chi connectivity index (χ0) is 20.3. The van der Waals surface area contributed by atoms with E-state index < -0.39 is 10.0 Å². The predicted molar refractivity (Wildman–Crippen MR) is 109 cm³/mol. The Bertz CT molecular complexity index is 760. The van der Waals surface area contributed by atoms with Gasteiger partial charge in [0.25, 0.3) is 5.91 Å². The molecule has 1 saturated carbocycles. The Kier molecular flexibility index (Phi) is 6.78. The molecule has 1 aliphatic heterocycles. The third-order valence-corrected chi connectivity index (χ3v) is 8.70. The van der Waals surface area contributed by atoms with Gasteiger partial charge in [0.05, 0.1) is 31.1 Å². The van der Waals surface area contributed by atoms with Crippen molar-refractivity contribution in [2.75, 3.05) is 26.2 Å². The molecule has 0 spiro atoms. The molecule has 2 N–H and O–H groups in total. The van der Waals surface area contributed by atoms with Crippen molar-refractivity contribution < 1.29 is 18.1 Å². The van der Waals surface area contributed by atoms with Crippen LogP contribution in [-0.2, 0) is 14.8 Å². The van der Waals surface area contributed by atoms with Crippen molar-refractivity contribution in [1.29, 1.82) is 0 Å². The zero-order valence-electron chi connectivity index (χ0n) is 17.2. The number of carbonyl (C=O) groups is 1. The van der Waals surface area contributed by atoms with Crippen LogP contribution in [0.15, 0.2) is 35.2 Å². The minimum absolute atomic E-state index is 0.0975. The number of benzene rings is 1. The number of quaternary nitrogens is 1. The lowest BCUT2D eigenvalue weighted by Crippen LogP contribution is -3.19. The summed E-state index contributed by atoms with van der Waals surface area (Å²) in [6.45, 7) is 8.66. The number of nitrogens with one attached hydrogen (secondary N) is 2. The van der Waals surface area contributed by atoms with Gasteiger partial charge in [0, 0.05) is 6.04 Å². The summed E-state index contributed by atoms with van der Waals surface area (Å²) in [7, 11) is -3.45. The Labute approximate surface area is 169 Å². The first-order valence-electron chi connectivity index (χ1n) is 10.5. The van der Waals surface area contributed by atoms with Crippen LogP contribution in [0.2, 0.25) is 0 Å². The highest BCUT2D eigenvalue weighted by molar-refractivity contribution is 7.89. The maximum atomic E-state index is 12.8. The molecule has 6 nitrogen and oxygen atoms in total. The fourth-order valence-corrected chi connectivity index (χ4v) is 5.93. The topological polar surface area (TPSA) is 70.9 Å². The van der Waals surface area contributed by atoms with E-state index >= 15 is 0 Å². The average Bonchev–Trinajstić information content (AvgIpc) is 2.71. The van der Waals surface area contributed by atoms with Crippen molar-refractivity contribution in [3.8, 4) is 0 Å². The molecule has 4 atom stereocenters. The van der Waals surface area contributed by atoms with Crippen LogP contribution < -0.4 is 10.2 Å². The van der Waals surface area contributed by atoms with Crippen LogP contribution in [-0.4, -0.2) is 56.9 Å². The quantitative estimate of drug-likeness (QED) is 0.761. The Morgan fingerprint density at radius 1 is 1.14 bits per heavy atom. The molecule has 1 saturated heterocycles. The lowest BCUT2D eigenvalue weighted by atomic mass is 9.78. The summed E-state index contributed by atoms with van der Waals surface area (Å²) >= 11 is 0. The van der Waals surface area contributed by atoms with E-state index in [0.29, 0.717) is 42.9 Å². The molecule has 1 heterocycles. The normalized spacial score (nSPS) is 28.6. The van der Waals surface area contributed by atoms with Gasteiger partial charge in [-0.3, -0.25) is 4.79 Å². The smallest absolute Gasteiger partial charge is 0.278 e. The second-order valence-electron chi connectivity index (χ2n) is 8.48. The van der Waals surface area contributed by atoms with E-state index in [0.717, 1.165) is 11.3 Å². The molecule has 7 heteroatoms. The van der Waals surface area contributed by atoms with Gasteiger partial charge in [-0.05, 0) is 37.3 Å². The van der Waals surface area contributed by atoms with Crippen LogP contribution >= 0.6 is 0 Å². The number of rotatable bonds is 5. The van der Waals surface area contributed by atoms with Crippen molar-refractivity contribution in [1.82, 2.24) is 9.62 Å². The van der Waals surface area contributed by atoms with E-state index in [1.807, 2.05) is 13.0 Å². The van der Waals surface area contributed by atoms with Gasteiger partial charge in [0.2, 0.25) is 10.0 Å². The van der Waals surface area contributed by atoms with E-state index in [9.17, 15) is 13.2 Å². The number of sulfonamides is 1. The Morgan fingerprint density at radius 3 is 2.43 bits per heavy atom.